The third-order valence-corrected chi connectivity index (χ3v) is 2.92. The van der Waals surface area contributed by atoms with Crippen molar-refractivity contribution in [1.29, 1.82) is 0 Å². The van der Waals surface area contributed by atoms with Crippen molar-refractivity contribution in [2.24, 2.45) is 0 Å². The van der Waals surface area contributed by atoms with Crippen LogP contribution in [0, 0.1) is 6.92 Å². The lowest BCUT2D eigenvalue weighted by molar-refractivity contribution is 0.399. The van der Waals surface area contributed by atoms with Gasteiger partial charge in [-0.05, 0) is 30.7 Å². The van der Waals surface area contributed by atoms with Gasteiger partial charge in [-0.15, -0.1) is 0 Å². The second-order valence-corrected chi connectivity index (χ2v) is 4.34. The molecule has 0 unspecified atom stereocenters. The van der Waals surface area contributed by atoms with Crippen LogP contribution < -0.4 is 10.1 Å². The molecule has 4 nitrogen and oxygen atoms in total. The molecule has 0 saturated carbocycles. The van der Waals surface area contributed by atoms with Gasteiger partial charge < -0.3 is 20.3 Å². The Balaban J connectivity index is 2.18. The fraction of sp³-hybridized carbons (Fsp3) is 0.200. The Labute approximate surface area is 112 Å². The maximum Gasteiger partial charge on any atom is 0.162 e. The van der Waals surface area contributed by atoms with Gasteiger partial charge in [0.2, 0.25) is 0 Å². The Morgan fingerprint density at radius 3 is 2.68 bits per heavy atom. The highest BCUT2D eigenvalue weighted by Crippen LogP contribution is 2.30. The molecule has 100 valence electrons. The van der Waals surface area contributed by atoms with E-state index in [1.54, 1.807) is 19.2 Å². The summed E-state index contributed by atoms with van der Waals surface area (Å²) >= 11 is 0. The molecule has 0 spiro atoms. The van der Waals surface area contributed by atoms with Crippen LogP contribution in [0.3, 0.4) is 0 Å². The van der Waals surface area contributed by atoms with E-state index in [2.05, 4.69) is 5.32 Å². The maximum atomic E-state index is 9.74. The molecule has 0 fully saturated rings. The van der Waals surface area contributed by atoms with Gasteiger partial charge >= 0.3 is 0 Å². The molecule has 0 heterocycles. The van der Waals surface area contributed by atoms with Crippen molar-refractivity contribution in [1.82, 2.24) is 0 Å². The van der Waals surface area contributed by atoms with E-state index in [9.17, 15) is 10.2 Å². The molecular formula is C15H17NO3. The Bertz CT molecular complexity index is 582. The van der Waals surface area contributed by atoms with Crippen molar-refractivity contribution in [3.05, 3.63) is 47.5 Å². The molecule has 0 aliphatic rings. The van der Waals surface area contributed by atoms with Gasteiger partial charge in [0.25, 0.3) is 0 Å². The van der Waals surface area contributed by atoms with E-state index in [0.717, 1.165) is 17.0 Å². The normalized spacial score (nSPS) is 10.2. The second-order valence-electron chi connectivity index (χ2n) is 4.34. The molecule has 2 aromatic carbocycles. The first-order chi connectivity index (χ1) is 9.11. The zero-order chi connectivity index (χ0) is 13.8. The Hall–Kier alpha value is -2.36. The Kier molecular flexibility index (Phi) is 3.80. The minimum absolute atomic E-state index is 0.0957. The minimum Gasteiger partial charge on any atom is -0.504 e. The monoisotopic (exact) mass is 259 g/mol. The summed E-state index contributed by atoms with van der Waals surface area (Å²) in [5, 5.41) is 22.4. The van der Waals surface area contributed by atoms with Crippen molar-refractivity contribution >= 4 is 5.69 Å². The highest BCUT2D eigenvalue weighted by atomic mass is 16.5. The number of ether oxygens (including phenoxy) is 1. The van der Waals surface area contributed by atoms with Crippen molar-refractivity contribution in [2.45, 2.75) is 13.5 Å². The van der Waals surface area contributed by atoms with Crippen LogP contribution in [0.15, 0.2) is 36.4 Å². The van der Waals surface area contributed by atoms with Crippen LogP contribution in [-0.2, 0) is 6.54 Å². The van der Waals surface area contributed by atoms with Gasteiger partial charge in [-0.1, -0.05) is 18.2 Å². The molecule has 0 bridgehead atoms. The summed E-state index contributed by atoms with van der Waals surface area (Å²) in [6.07, 6.45) is 0. The number of benzene rings is 2. The number of methoxy groups -OCH3 is 1. The van der Waals surface area contributed by atoms with Crippen LogP contribution in [0.2, 0.25) is 0 Å². The number of phenols is 2. The molecule has 0 saturated heterocycles. The van der Waals surface area contributed by atoms with Crippen molar-refractivity contribution in [2.75, 3.05) is 12.4 Å². The van der Waals surface area contributed by atoms with E-state index in [-0.39, 0.29) is 11.5 Å². The Morgan fingerprint density at radius 2 is 1.95 bits per heavy atom. The third-order valence-electron chi connectivity index (χ3n) is 2.92. The van der Waals surface area contributed by atoms with Gasteiger partial charge in [0.1, 0.15) is 5.75 Å². The van der Waals surface area contributed by atoms with E-state index in [0.29, 0.717) is 12.1 Å². The van der Waals surface area contributed by atoms with Crippen LogP contribution >= 0.6 is 0 Å². The summed E-state index contributed by atoms with van der Waals surface area (Å²) in [7, 11) is 1.61. The summed E-state index contributed by atoms with van der Waals surface area (Å²) in [5.74, 6) is 0.530. The number of phenolic OH excluding ortho intramolecular Hbond substituents is 2. The predicted octanol–water partition coefficient (Wildman–Crippen LogP) is 3.03. The summed E-state index contributed by atoms with van der Waals surface area (Å²) < 4.78 is 5.27. The molecule has 4 heteroatoms. The van der Waals surface area contributed by atoms with Crippen LogP contribution in [0.1, 0.15) is 11.1 Å². The predicted molar refractivity (Wildman–Crippen MR) is 74.8 cm³/mol. The SMILES string of the molecule is COc1ccc(C)cc1NCc1cccc(O)c1O. The molecule has 0 aliphatic heterocycles. The van der Waals surface area contributed by atoms with Crippen LogP contribution in [0.4, 0.5) is 5.69 Å². The van der Waals surface area contributed by atoms with E-state index in [4.69, 9.17) is 4.74 Å². The number of hydrogen-bond acceptors (Lipinski definition) is 4. The molecule has 0 aromatic heterocycles. The summed E-state index contributed by atoms with van der Waals surface area (Å²) in [6.45, 7) is 2.40. The quantitative estimate of drug-likeness (QED) is 0.739. The standard InChI is InChI=1S/C15H17NO3/c1-10-6-7-14(19-2)12(8-10)16-9-11-4-3-5-13(17)15(11)18/h3-8,16-18H,9H2,1-2H3. The van der Waals surface area contributed by atoms with E-state index in [1.165, 1.54) is 6.07 Å². The Morgan fingerprint density at radius 1 is 1.16 bits per heavy atom. The summed E-state index contributed by atoms with van der Waals surface area (Å²) in [4.78, 5) is 0. The summed E-state index contributed by atoms with van der Waals surface area (Å²) in [6, 6.07) is 10.7. The largest absolute Gasteiger partial charge is 0.504 e. The number of anilines is 1. The maximum absolute atomic E-state index is 9.74. The van der Waals surface area contributed by atoms with Gasteiger partial charge in [0.05, 0.1) is 12.8 Å². The van der Waals surface area contributed by atoms with Gasteiger partial charge in [-0.25, -0.2) is 0 Å². The highest BCUT2D eigenvalue weighted by molar-refractivity contribution is 5.58. The zero-order valence-electron chi connectivity index (χ0n) is 11.0. The van der Waals surface area contributed by atoms with Crippen molar-refractivity contribution < 1.29 is 14.9 Å². The number of nitrogens with one attached hydrogen (secondary N) is 1. The first-order valence-corrected chi connectivity index (χ1v) is 6.00. The second kappa shape index (κ2) is 5.52. The minimum atomic E-state index is -0.115. The number of aryl methyl sites for hydroxylation is 1. The molecule has 2 rings (SSSR count). The molecule has 0 radical (unpaired) electrons. The molecule has 2 aromatic rings. The van der Waals surface area contributed by atoms with E-state index >= 15 is 0 Å². The fourth-order valence-corrected chi connectivity index (χ4v) is 1.87. The fourth-order valence-electron chi connectivity index (χ4n) is 1.87. The number of para-hydroxylation sites is 1. The third kappa shape index (κ3) is 2.91. The van der Waals surface area contributed by atoms with Gasteiger partial charge in [0, 0.05) is 12.1 Å². The molecule has 0 atom stereocenters. The van der Waals surface area contributed by atoms with Crippen LogP contribution in [0.5, 0.6) is 17.2 Å². The average molecular weight is 259 g/mol. The molecule has 19 heavy (non-hydrogen) atoms. The lowest BCUT2D eigenvalue weighted by Gasteiger charge is -2.13. The summed E-state index contributed by atoms with van der Waals surface area (Å²) in [5.41, 5.74) is 2.59. The highest BCUT2D eigenvalue weighted by Gasteiger charge is 2.07. The average Bonchev–Trinajstić information content (AvgIpc) is 2.40. The first-order valence-electron chi connectivity index (χ1n) is 6.00. The molecule has 0 aliphatic carbocycles. The molecular weight excluding hydrogens is 242 g/mol. The van der Waals surface area contributed by atoms with Gasteiger partial charge in [-0.2, -0.15) is 0 Å². The van der Waals surface area contributed by atoms with E-state index in [1.807, 2.05) is 25.1 Å². The van der Waals surface area contributed by atoms with Crippen molar-refractivity contribution in [3.8, 4) is 17.2 Å². The van der Waals surface area contributed by atoms with Crippen molar-refractivity contribution in [3.63, 3.8) is 0 Å². The number of aromatic hydroxyl groups is 2. The van der Waals surface area contributed by atoms with Gasteiger partial charge in [-0.3, -0.25) is 0 Å². The van der Waals surface area contributed by atoms with Crippen LogP contribution in [0.25, 0.3) is 0 Å². The smallest absolute Gasteiger partial charge is 0.162 e. The topological polar surface area (TPSA) is 61.7 Å². The molecule has 3 N–H and O–H groups in total. The lowest BCUT2D eigenvalue weighted by Crippen LogP contribution is -2.02. The van der Waals surface area contributed by atoms with Gasteiger partial charge in [0.15, 0.2) is 11.5 Å². The van der Waals surface area contributed by atoms with Crippen LogP contribution in [-0.4, -0.2) is 17.3 Å². The first kappa shape index (κ1) is 13.1. The number of hydrogen-bond donors (Lipinski definition) is 3. The lowest BCUT2D eigenvalue weighted by atomic mass is 10.1. The molecule has 0 amide bonds. The zero-order valence-corrected chi connectivity index (χ0v) is 11.0. The number of rotatable bonds is 4. The van der Waals surface area contributed by atoms with E-state index < -0.39 is 0 Å².